The van der Waals surface area contributed by atoms with Gasteiger partial charge in [-0.1, -0.05) is 5.92 Å². The fraction of sp³-hybridized carbons (Fsp3) is 0.778. The smallest absolute Gasteiger partial charge is 0.140 e. The molecule has 3 radical (unpaired) electrons. The van der Waals surface area contributed by atoms with Crippen LogP contribution in [0.5, 0.6) is 0 Å². The maximum absolute atomic E-state index is 9.89. The Morgan fingerprint density at radius 3 is 2.25 bits per heavy atom. The lowest BCUT2D eigenvalue weighted by Gasteiger charge is -2.47. The number of rotatable bonds is 0. The third kappa shape index (κ3) is 1.26. The summed E-state index contributed by atoms with van der Waals surface area (Å²) >= 11 is 0. The van der Waals surface area contributed by atoms with E-state index < -0.39 is 5.60 Å². The topological polar surface area (TPSA) is 23.5 Å². The molecule has 2 nitrogen and oxygen atoms in total. The van der Waals surface area contributed by atoms with Crippen LogP contribution < -0.4 is 0 Å². The molecule has 3 rings (SSSR count). The highest BCUT2D eigenvalue weighted by molar-refractivity contribution is 5.75. The molecule has 0 amide bonds. The molecule has 3 heteroatoms. The molecule has 0 saturated carbocycles. The second-order valence-electron chi connectivity index (χ2n) is 3.62. The minimum Gasteiger partial charge on any atom is -0.376 e. The van der Waals surface area contributed by atoms with Gasteiger partial charge in [0.25, 0.3) is 0 Å². The second kappa shape index (κ2) is 3.12. The van der Waals surface area contributed by atoms with E-state index in [0.29, 0.717) is 12.5 Å². The van der Waals surface area contributed by atoms with Gasteiger partial charge in [0, 0.05) is 20.9 Å². The van der Waals surface area contributed by atoms with Crippen molar-refractivity contribution in [3.05, 3.63) is 0 Å². The molecule has 63 valence electrons. The Kier molecular flexibility index (Phi) is 2.50. The first-order chi connectivity index (χ1) is 5.24. The number of terminal acetylenes is 1. The molecule has 3 fully saturated rings. The summed E-state index contributed by atoms with van der Waals surface area (Å²) in [7, 11) is 0. The van der Waals surface area contributed by atoms with Gasteiger partial charge in [0.1, 0.15) is 5.60 Å². The fourth-order valence-corrected chi connectivity index (χ4v) is 2.20. The molecule has 0 aromatic carbocycles. The molecule has 0 aromatic rings. The van der Waals surface area contributed by atoms with Crippen LogP contribution in [0.25, 0.3) is 0 Å². The Hall–Kier alpha value is -0.455. The minimum absolute atomic E-state index is 0. The molecule has 1 atom stereocenters. The van der Waals surface area contributed by atoms with Crippen LogP contribution >= 0.6 is 0 Å². The van der Waals surface area contributed by atoms with E-state index in [1.165, 1.54) is 0 Å². The van der Waals surface area contributed by atoms with Crippen molar-refractivity contribution in [1.29, 1.82) is 0 Å². The largest absolute Gasteiger partial charge is 0.376 e. The van der Waals surface area contributed by atoms with Crippen molar-refractivity contribution in [2.45, 2.75) is 18.4 Å². The third-order valence-corrected chi connectivity index (χ3v) is 2.98. The van der Waals surface area contributed by atoms with Gasteiger partial charge >= 0.3 is 0 Å². The number of piperidine rings is 3. The lowest BCUT2D eigenvalue weighted by atomic mass is 9.76. The second-order valence-corrected chi connectivity index (χ2v) is 3.62. The lowest BCUT2D eigenvalue weighted by Crippen LogP contribution is -2.58. The molecule has 3 aliphatic heterocycles. The summed E-state index contributed by atoms with van der Waals surface area (Å²) in [5, 5.41) is 9.89. The van der Waals surface area contributed by atoms with Crippen molar-refractivity contribution in [3.8, 4) is 12.3 Å². The van der Waals surface area contributed by atoms with Crippen molar-refractivity contribution in [1.82, 2.24) is 4.90 Å². The average Bonchev–Trinajstić information content (AvgIpc) is 2.06. The van der Waals surface area contributed by atoms with Crippen molar-refractivity contribution in [2.75, 3.05) is 19.6 Å². The molecular weight excluding hydrogens is 149 g/mol. The highest BCUT2D eigenvalue weighted by atomic mass is 16.3. The van der Waals surface area contributed by atoms with Crippen LogP contribution in [0.15, 0.2) is 0 Å². The van der Waals surface area contributed by atoms with Crippen LogP contribution in [0.3, 0.4) is 0 Å². The molecule has 1 N–H and O–H groups in total. The summed E-state index contributed by atoms with van der Waals surface area (Å²) < 4.78 is 0. The van der Waals surface area contributed by atoms with E-state index in [0.717, 1.165) is 25.9 Å². The Morgan fingerprint density at radius 1 is 1.42 bits per heavy atom. The molecule has 0 spiro atoms. The summed E-state index contributed by atoms with van der Waals surface area (Å²) in [6.07, 6.45) is 7.44. The van der Waals surface area contributed by atoms with Gasteiger partial charge in [0.05, 0.1) is 0 Å². The van der Waals surface area contributed by atoms with Crippen molar-refractivity contribution >= 4 is 8.41 Å². The van der Waals surface area contributed by atoms with E-state index in [1.807, 2.05) is 0 Å². The van der Waals surface area contributed by atoms with E-state index in [-0.39, 0.29) is 8.41 Å². The molecule has 12 heavy (non-hydrogen) atoms. The zero-order chi connectivity index (χ0) is 7.90. The number of fused-ring (bicyclic) bond motifs is 3. The fourth-order valence-electron chi connectivity index (χ4n) is 2.20. The van der Waals surface area contributed by atoms with Crippen LogP contribution in [-0.4, -0.2) is 43.7 Å². The number of hydrogen-bond donors (Lipinski definition) is 1. The quantitative estimate of drug-likeness (QED) is 0.390. The monoisotopic (exact) mass is 162 g/mol. The number of nitrogens with zero attached hydrogens (tertiary/aromatic N) is 1. The van der Waals surface area contributed by atoms with Gasteiger partial charge in [-0.25, -0.2) is 0 Å². The summed E-state index contributed by atoms with van der Waals surface area (Å²) in [5.74, 6) is 2.88. The first-order valence-corrected chi connectivity index (χ1v) is 4.17. The molecule has 0 aromatic heterocycles. The SMILES string of the molecule is C#C[C@@]1(O)CN2CCC1CC2.[B]. The minimum atomic E-state index is -0.809. The van der Waals surface area contributed by atoms with Crippen molar-refractivity contribution in [3.63, 3.8) is 0 Å². The first-order valence-electron chi connectivity index (χ1n) is 4.17. The van der Waals surface area contributed by atoms with Crippen LogP contribution in [0.1, 0.15) is 12.8 Å². The number of hydrogen-bond acceptors (Lipinski definition) is 2. The highest BCUT2D eigenvalue weighted by Gasteiger charge is 2.43. The Labute approximate surface area is 75.5 Å². The predicted octanol–water partition coefficient (Wildman–Crippen LogP) is -0.304. The number of aliphatic hydroxyl groups is 1. The maximum atomic E-state index is 9.89. The molecule has 3 saturated heterocycles. The van der Waals surface area contributed by atoms with Gasteiger partial charge in [0.15, 0.2) is 0 Å². The summed E-state index contributed by atoms with van der Waals surface area (Å²) in [6, 6.07) is 0. The molecule has 3 aliphatic rings. The molecule has 3 heterocycles. The van der Waals surface area contributed by atoms with Gasteiger partial charge < -0.3 is 5.11 Å². The van der Waals surface area contributed by atoms with E-state index in [2.05, 4.69) is 10.8 Å². The summed E-state index contributed by atoms with van der Waals surface area (Å²) in [4.78, 5) is 2.25. The Morgan fingerprint density at radius 2 is 2.00 bits per heavy atom. The van der Waals surface area contributed by atoms with Crippen LogP contribution in [0, 0.1) is 18.3 Å². The average molecular weight is 162 g/mol. The van der Waals surface area contributed by atoms with Crippen LogP contribution in [-0.2, 0) is 0 Å². The molecule has 0 unspecified atom stereocenters. The van der Waals surface area contributed by atoms with Gasteiger partial charge in [-0.05, 0) is 25.9 Å². The van der Waals surface area contributed by atoms with Crippen LogP contribution in [0.4, 0.5) is 0 Å². The molecule has 0 aliphatic carbocycles. The van der Waals surface area contributed by atoms with E-state index in [1.54, 1.807) is 0 Å². The lowest BCUT2D eigenvalue weighted by molar-refractivity contribution is -0.0712. The first kappa shape index (κ1) is 9.63. The zero-order valence-electron chi connectivity index (χ0n) is 7.16. The van der Waals surface area contributed by atoms with E-state index in [9.17, 15) is 5.11 Å². The highest BCUT2D eigenvalue weighted by Crippen LogP contribution is 2.34. The van der Waals surface area contributed by atoms with Gasteiger partial charge in [-0.3, -0.25) is 4.90 Å². The predicted molar refractivity (Wildman–Crippen MR) is 48.7 cm³/mol. The van der Waals surface area contributed by atoms with Crippen molar-refractivity contribution < 1.29 is 5.11 Å². The summed E-state index contributed by atoms with van der Waals surface area (Å²) in [5.41, 5.74) is -0.809. The Bertz CT molecular complexity index is 205. The zero-order valence-corrected chi connectivity index (χ0v) is 7.16. The summed E-state index contributed by atoms with van der Waals surface area (Å²) in [6.45, 7) is 2.93. The van der Waals surface area contributed by atoms with Gasteiger partial charge in [-0.2, -0.15) is 0 Å². The maximum Gasteiger partial charge on any atom is 0.140 e. The van der Waals surface area contributed by atoms with Gasteiger partial charge in [-0.15, -0.1) is 6.42 Å². The normalized spacial score (nSPS) is 44.7. The molecule has 2 bridgehead atoms. The van der Waals surface area contributed by atoms with E-state index >= 15 is 0 Å². The van der Waals surface area contributed by atoms with Crippen LogP contribution in [0.2, 0.25) is 0 Å². The van der Waals surface area contributed by atoms with Gasteiger partial charge in [0.2, 0.25) is 0 Å². The standard InChI is InChI=1S/C9H13NO.B/c1-2-9(11)7-10-5-3-8(9)4-6-10;/h1,8,11H,3-7H2;/t9-;/m1./s1. The molecular formula is C9H13BNO. The Balaban J connectivity index is 0.000000720. The van der Waals surface area contributed by atoms with E-state index in [4.69, 9.17) is 6.42 Å². The van der Waals surface area contributed by atoms with Crippen molar-refractivity contribution in [2.24, 2.45) is 5.92 Å². The third-order valence-electron chi connectivity index (χ3n) is 2.98.